The first-order chi connectivity index (χ1) is 9.86. The first-order valence-electron chi connectivity index (χ1n) is 7.40. The van der Waals surface area contributed by atoms with Gasteiger partial charge in [-0.05, 0) is 32.9 Å². The fourth-order valence-corrected chi connectivity index (χ4v) is 2.67. The molecule has 1 aromatic carbocycles. The van der Waals surface area contributed by atoms with E-state index in [1.54, 1.807) is 25.1 Å². The third kappa shape index (κ3) is 3.19. The highest BCUT2D eigenvalue weighted by Crippen LogP contribution is 2.22. The molecule has 1 fully saturated rings. The summed E-state index contributed by atoms with van der Waals surface area (Å²) in [5.41, 5.74) is 7.01. The molecule has 0 saturated carbocycles. The van der Waals surface area contributed by atoms with E-state index in [0.29, 0.717) is 30.8 Å². The van der Waals surface area contributed by atoms with Crippen LogP contribution >= 0.6 is 0 Å². The molecule has 0 aromatic heterocycles. The largest absolute Gasteiger partial charge is 0.508 e. The Hall–Kier alpha value is -1.59. The molecule has 5 nitrogen and oxygen atoms in total. The van der Waals surface area contributed by atoms with Crippen LogP contribution < -0.4 is 5.73 Å². The highest BCUT2D eigenvalue weighted by Gasteiger charge is 2.30. The van der Waals surface area contributed by atoms with Crippen molar-refractivity contribution in [1.82, 2.24) is 9.80 Å². The summed E-state index contributed by atoms with van der Waals surface area (Å²) in [7, 11) is 0. The van der Waals surface area contributed by atoms with Gasteiger partial charge in [0.25, 0.3) is 5.91 Å². The monoisotopic (exact) mass is 291 g/mol. The zero-order valence-electron chi connectivity index (χ0n) is 13.1. The van der Waals surface area contributed by atoms with Gasteiger partial charge in [-0.1, -0.05) is 6.07 Å². The zero-order valence-corrected chi connectivity index (χ0v) is 13.1. The Balaban J connectivity index is 2.06. The van der Waals surface area contributed by atoms with Gasteiger partial charge in [-0.2, -0.15) is 0 Å². The molecule has 5 heteroatoms. The van der Waals surface area contributed by atoms with Gasteiger partial charge in [-0.25, -0.2) is 0 Å². The van der Waals surface area contributed by atoms with E-state index in [0.717, 1.165) is 13.1 Å². The van der Waals surface area contributed by atoms with E-state index in [1.807, 2.05) is 4.90 Å². The lowest BCUT2D eigenvalue weighted by Gasteiger charge is -2.43. The lowest BCUT2D eigenvalue weighted by atomic mass is 10.0. The van der Waals surface area contributed by atoms with Crippen molar-refractivity contribution in [1.29, 1.82) is 0 Å². The minimum Gasteiger partial charge on any atom is -0.508 e. The van der Waals surface area contributed by atoms with E-state index < -0.39 is 0 Å². The molecule has 1 aliphatic rings. The predicted octanol–water partition coefficient (Wildman–Crippen LogP) is 1.20. The van der Waals surface area contributed by atoms with Crippen LogP contribution in [0.25, 0.3) is 0 Å². The molecule has 0 atom stereocenters. The Morgan fingerprint density at radius 3 is 2.48 bits per heavy atom. The van der Waals surface area contributed by atoms with Gasteiger partial charge in [0.05, 0.1) is 0 Å². The molecule has 0 unspecified atom stereocenters. The van der Waals surface area contributed by atoms with Gasteiger partial charge >= 0.3 is 0 Å². The maximum Gasteiger partial charge on any atom is 0.254 e. The van der Waals surface area contributed by atoms with Crippen LogP contribution in [0.1, 0.15) is 29.8 Å². The summed E-state index contributed by atoms with van der Waals surface area (Å²) in [5, 5.41) is 9.74. The zero-order chi connectivity index (χ0) is 15.6. The Kier molecular flexibility index (Phi) is 4.54. The van der Waals surface area contributed by atoms with Crippen LogP contribution in [0, 0.1) is 6.92 Å². The third-order valence-corrected chi connectivity index (χ3v) is 4.46. The number of nitrogens with two attached hydrogens (primary N) is 1. The van der Waals surface area contributed by atoms with Gasteiger partial charge < -0.3 is 15.7 Å². The summed E-state index contributed by atoms with van der Waals surface area (Å²) >= 11 is 0. The van der Waals surface area contributed by atoms with E-state index >= 15 is 0 Å². The highest BCUT2D eigenvalue weighted by molar-refractivity contribution is 5.96. The topological polar surface area (TPSA) is 69.8 Å². The molecule has 2 rings (SSSR count). The number of amides is 1. The van der Waals surface area contributed by atoms with Crippen molar-refractivity contribution >= 4 is 5.91 Å². The summed E-state index contributed by atoms with van der Waals surface area (Å²) in [5.74, 6) is 0.164. The fraction of sp³-hybridized carbons (Fsp3) is 0.562. The standard InChI is InChI=1S/C16H25N3O2/c1-12-13(5-4-6-14(12)20)15(21)18-7-9-19(10-8-18)16(2,3)11-17/h4-6,20H,7-11,17H2,1-3H3. The summed E-state index contributed by atoms with van der Waals surface area (Å²) in [6.07, 6.45) is 0. The van der Waals surface area contributed by atoms with Crippen LogP contribution in [0.2, 0.25) is 0 Å². The number of phenolic OH excluding ortho intramolecular Hbond substituents is 1. The lowest BCUT2D eigenvalue weighted by Crippen LogP contribution is -2.58. The highest BCUT2D eigenvalue weighted by atomic mass is 16.3. The van der Waals surface area contributed by atoms with E-state index in [2.05, 4.69) is 18.7 Å². The average molecular weight is 291 g/mol. The van der Waals surface area contributed by atoms with Gasteiger partial charge in [0.1, 0.15) is 5.75 Å². The Labute approximate surface area is 126 Å². The molecule has 21 heavy (non-hydrogen) atoms. The minimum absolute atomic E-state index is 0.00592. The average Bonchev–Trinajstić information content (AvgIpc) is 2.49. The summed E-state index contributed by atoms with van der Waals surface area (Å²) in [4.78, 5) is 16.7. The molecule has 0 bridgehead atoms. The summed E-state index contributed by atoms with van der Waals surface area (Å²) < 4.78 is 0. The minimum atomic E-state index is -0.0317. The molecule has 0 radical (unpaired) electrons. The number of phenols is 1. The van der Waals surface area contributed by atoms with Gasteiger partial charge in [-0.15, -0.1) is 0 Å². The third-order valence-electron chi connectivity index (χ3n) is 4.46. The van der Waals surface area contributed by atoms with Crippen molar-refractivity contribution in [2.75, 3.05) is 32.7 Å². The first-order valence-corrected chi connectivity index (χ1v) is 7.40. The maximum atomic E-state index is 12.6. The second kappa shape index (κ2) is 6.03. The van der Waals surface area contributed by atoms with Crippen LogP contribution in [-0.4, -0.2) is 59.1 Å². The summed E-state index contributed by atoms with van der Waals surface area (Å²) in [6, 6.07) is 5.09. The van der Waals surface area contributed by atoms with Gasteiger partial charge in [-0.3, -0.25) is 9.69 Å². The Morgan fingerprint density at radius 1 is 1.29 bits per heavy atom. The number of aromatic hydroxyl groups is 1. The number of hydrogen-bond donors (Lipinski definition) is 2. The number of hydrogen-bond acceptors (Lipinski definition) is 4. The molecule has 1 saturated heterocycles. The van der Waals surface area contributed by atoms with Crippen molar-refractivity contribution in [2.24, 2.45) is 5.73 Å². The second-order valence-corrected chi connectivity index (χ2v) is 6.25. The van der Waals surface area contributed by atoms with Crippen LogP contribution in [0.3, 0.4) is 0 Å². The number of rotatable bonds is 3. The van der Waals surface area contributed by atoms with Gasteiger partial charge in [0.15, 0.2) is 0 Å². The maximum absolute atomic E-state index is 12.6. The molecular formula is C16H25N3O2. The SMILES string of the molecule is Cc1c(O)cccc1C(=O)N1CCN(C(C)(C)CN)CC1. The van der Waals surface area contributed by atoms with Crippen molar-refractivity contribution in [3.63, 3.8) is 0 Å². The normalized spacial score (nSPS) is 17.0. The van der Waals surface area contributed by atoms with E-state index in [-0.39, 0.29) is 17.2 Å². The molecule has 116 valence electrons. The van der Waals surface area contributed by atoms with E-state index in [9.17, 15) is 9.90 Å². The molecule has 0 aliphatic carbocycles. The molecule has 1 aromatic rings. The van der Waals surface area contributed by atoms with Crippen molar-refractivity contribution in [2.45, 2.75) is 26.3 Å². The number of nitrogens with zero attached hydrogens (tertiary/aromatic N) is 2. The Bertz CT molecular complexity index is 520. The molecule has 1 amide bonds. The fourth-order valence-electron chi connectivity index (χ4n) is 2.67. The van der Waals surface area contributed by atoms with Crippen LogP contribution in [0.5, 0.6) is 5.75 Å². The number of piperazine rings is 1. The van der Waals surface area contributed by atoms with Crippen molar-refractivity contribution in [3.05, 3.63) is 29.3 Å². The molecule has 1 aliphatic heterocycles. The first kappa shape index (κ1) is 15.8. The molecule has 0 spiro atoms. The smallest absolute Gasteiger partial charge is 0.254 e. The van der Waals surface area contributed by atoms with Crippen molar-refractivity contribution < 1.29 is 9.90 Å². The Morgan fingerprint density at radius 2 is 1.90 bits per heavy atom. The quantitative estimate of drug-likeness (QED) is 0.878. The number of carbonyl (C=O) groups excluding carboxylic acids is 1. The van der Waals surface area contributed by atoms with Gasteiger partial charge in [0, 0.05) is 49.4 Å². The second-order valence-electron chi connectivity index (χ2n) is 6.25. The van der Waals surface area contributed by atoms with Gasteiger partial charge in [0.2, 0.25) is 0 Å². The van der Waals surface area contributed by atoms with Crippen molar-refractivity contribution in [3.8, 4) is 5.75 Å². The molecule has 3 N–H and O–H groups in total. The predicted molar refractivity (Wildman–Crippen MR) is 83.5 cm³/mol. The van der Waals surface area contributed by atoms with Crippen LogP contribution in [0.15, 0.2) is 18.2 Å². The lowest BCUT2D eigenvalue weighted by molar-refractivity contribution is 0.0425. The molecule has 1 heterocycles. The van der Waals surface area contributed by atoms with E-state index in [1.165, 1.54) is 0 Å². The number of carbonyl (C=O) groups is 1. The molecular weight excluding hydrogens is 266 g/mol. The number of benzene rings is 1. The van der Waals surface area contributed by atoms with E-state index in [4.69, 9.17) is 5.73 Å². The summed E-state index contributed by atoms with van der Waals surface area (Å²) in [6.45, 7) is 9.67. The van der Waals surface area contributed by atoms with Crippen LogP contribution in [-0.2, 0) is 0 Å². The van der Waals surface area contributed by atoms with Crippen LogP contribution in [0.4, 0.5) is 0 Å².